The van der Waals surface area contributed by atoms with E-state index in [9.17, 15) is 9.59 Å². The fraction of sp³-hybridized carbons (Fsp3) is 0.632. The minimum absolute atomic E-state index is 0.0317. The van der Waals surface area contributed by atoms with Gasteiger partial charge in [-0.25, -0.2) is 0 Å². The van der Waals surface area contributed by atoms with E-state index in [0.717, 1.165) is 26.2 Å². The summed E-state index contributed by atoms with van der Waals surface area (Å²) in [5.41, 5.74) is 0.705. The summed E-state index contributed by atoms with van der Waals surface area (Å²) in [4.78, 5) is 33.2. The molecule has 2 aliphatic heterocycles. The molecular formula is C19H29N5O4. The van der Waals surface area contributed by atoms with E-state index >= 15 is 0 Å². The number of ether oxygens (including phenoxy) is 2. The maximum atomic E-state index is 12.4. The minimum Gasteiger partial charge on any atom is -0.374 e. The molecule has 154 valence electrons. The third-order valence-corrected chi connectivity index (χ3v) is 4.93. The van der Waals surface area contributed by atoms with Crippen LogP contribution in [0.1, 0.15) is 20.7 Å². The van der Waals surface area contributed by atoms with E-state index in [4.69, 9.17) is 9.47 Å². The van der Waals surface area contributed by atoms with Gasteiger partial charge in [-0.15, -0.1) is 0 Å². The molecule has 1 aromatic rings. The topological polar surface area (TPSA) is 96.0 Å². The molecule has 2 aliphatic rings. The van der Waals surface area contributed by atoms with Crippen LogP contribution in [0.4, 0.5) is 0 Å². The van der Waals surface area contributed by atoms with Crippen molar-refractivity contribution >= 4 is 11.8 Å². The minimum atomic E-state index is -0.267. The molecule has 2 unspecified atom stereocenters. The Morgan fingerprint density at radius 1 is 0.964 bits per heavy atom. The zero-order valence-electron chi connectivity index (χ0n) is 16.5. The third-order valence-electron chi connectivity index (χ3n) is 4.93. The molecule has 0 aromatic carbocycles. The summed E-state index contributed by atoms with van der Waals surface area (Å²) in [7, 11) is 4.06. The van der Waals surface area contributed by atoms with Crippen LogP contribution >= 0.6 is 0 Å². The van der Waals surface area contributed by atoms with Crippen LogP contribution in [0, 0.1) is 0 Å². The van der Waals surface area contributed by atoms with Crippen molar-refractivity contribution in [3.8, 4) is 0 Å². The van der Waals surface area contributed by atoms with E-state index in [2.05, 4.69) is 25.4 Å². The molecule has 0 bridgehead atoms. The molecule has 2 atom stereocenters. The van der Waals surface area contributed by atoms with E-state index in [1.54, 1.807) is 6.07 Å². The van der Waals surface area contributed by atoms with Gasteiger partial charge in [-0.1, -0.05) is 0 Å². The lowest BCUT2D eigenvalue weighted by Gasteiger charge is -2.30. The first-order chi connectivity index (χ1) is 13.5. The van der Waals surface area contributed by atoms with Crippen LogP contribution in [-0.2, 0) is 9.47 Å². The Bertz CT molecular complexity index is 633. The molecule has 2 fully saturated rings. The summed E-state index contributed by atoms with van der Waals surface area (Å²) in [6.45, 7) is 5.52. The Kier molecular flexibility index (Phi) is 7.32. The van der Waals surface area contributed by atoms with Crippen LogP contribution in [-0.4, -0.2) is 105 Å². The highest BCUT2D eigenvalue weighted by molar-refractivity contribution is 5.99. The van der Waals surface area contributed by atoms with Crippen molar-refractivity contribution in [2.24, 2.45) is 0 Å². The van der Waals surface area contributed by atoms with Crippen molar-refractivity contribution in [3.63, 3.8) is 0 Å². The van der Waals surface area contributed by atoms with Gasteiger partial charge in [-0.2, -0.15) is 0 Å². The largest absolute Gasteiger partial charge is 0.374 e. The highest BCUT2D eigenvalue weighted by atomic mass is 16.5. The number of nitrogens with zero attached hydrogens (tertiary/aromatic N) is 3. The highest BCUT2D eigenvalue weighted by Gasteiger charge is 2.20. The van der Waals surface area contributed by atoms with Gasteiger partial charge in [0.25, 0.3) is 11.8 Å². The van der Waals surface area contributed by atoms with Gasteiger partial charge >= 0.3 is 0 Å². The molecule has 3 heterocycles. The van der Waals surface area contributed by atoms with Gasteiger partial charge in [0.05, 0.1) is 36.5 Å². The summed E-state index contributed by atoms with van der Waals surface area (Å²) < 4.78 is 11.3. The van der Waals surface area contributed by atoms with Crippen LogP contribution < -0.4 is 10.6 Å². The van der Waals surface area contributed by atoms with E-state index in [0.29, 0.717) is 37.4 Å². The van der Waals surface area contributed by atoms with Crippen molar-refractivity contribution in [1.29, 1.82) is 0 Å². The normalized spacial score (nSPS) is 23.9. The van der Waals surface area contributed by atoms with Crippen LogP contribution in [0.5, 0.6) is 0 Å². The van der Waals surface area contributed by atoms with Gasteiger partial charge in [0.1, 0.15) is 0 Å². The van der Waals surface area contributed by atoms with Crippen LogP contribution in [0.15, 0.2) is 18.5 Å². The highest BCUT2D eigenvalue weighted by Crippen LogP contribution is 2.06. The molecule has 0 radical (unpaired) electrons. The second-order valence-corrected chi connectivity index (χ2v) is 7.39. The lowest BCUT2D eigenvalue weighted by Crippen LogP contribution is -2.46. The van der Waals surface area contributed by atoms with Gasteiger partial charge in [0.15, 0.2) is 0 Å². The monoisotopic (exact) mass is 391 g/mol. The SMILES string of the molecule is CN1CCOC(CNC(=O)c2cncc(C(=O)NCC3CN(C)CCO3)c2)C1. The number of hydrogen-bond donors (Lipinski definition) is 2. The Balaban J connectivity index is 1.49. The molecule has 0 saturated carbocycles. The van der Waals surface area contributed by atoms with Crippen LogP contribution in [0.25, 0.3) is 0 Å². The zero-order valence-corrected chi connectivity index (χ0v) is 16.5. The number of rotatable bonds is 6. The zero-order chi connectivity index (χ0) is 19.9. The summed E-state index contributed by atoms with van der Waals surface area (Å²) in [6.07, 6.45) is 2.85. The fourth-order valence-corrected chi connectivity index (χ4v) is 3.29. The molecule has 3 rings (SSSR count). The molecule has 0 aliphatic carbocycles. The summed E-state index contributed by atoms with van der Waals surface area (Å²) in [5, 5.41) is 5.71. The fourth-order valence-electron chi connectivity index (χ4n) is 3.29. The van der Waals surface area contributed by atoms with E-state index in [-0.39, 0.29) is 24.0 Å². The van der Waals surface area contributed by atoms with Gasteiger partial charge < -0.3 is 29.9 Å². The predicted octanol–water partition coefficient (Wildman–Crippen LogP) is -0.798. The van der Waals surface area contributed by atoms with Crippen LogP contribution in [0.3, 0.4) is 0 Å². The third kappa shape index (κ3) is 5.96. The second-order valence-electron chi connectivity index (χ2n) is 7.39. The molecular weight excluding hydrogens is 362 g/mol. The maximum Gasteiger partial charge on any atom is 0.252 e. The van der Waals surface area contributed by atoms with Crippen molar-refractivity contribution in [3.05, 3.63) is 29.6 Å². The lowest BCUT2D eigenvalue weighted by atomic mass is 10.1. The number of carbonyl (C=O) groups is 2. The number of hydrogen-bond acceptors (Lipinski definition) is 7. The van der Waals surface area contributed by atoms with Crippen molar-refractivity contribution in [1.82, 2.24) is 25.4 Å². The van der Waals surface area contributed by atoms with Gasteiger partial charge in [-0.05, 0) is 20.2 Å². The molecule has 28 heavy (non-hydrogen) atoms. The molecule has 1 aromatic heterocycles. The summed E-state index contributed by atoms with van der Waals surface area (Å²) in [6, 6.07) is 1.55. The molecule has 2 saturated heterocycles. The quantitative estimate of drug-likeness (QED) is 0.656. The number of amides is 2. The first-order valence-corrected chi connectivity index (χ1v) is 9.63. The smallest absolute Gasteiger partial charge is 0.252 e. The van der Waals surface area contributed by atoms with Gasteiger partial charge in [-0.3, -0.25) is 14.6 Å². The molecule has 2 amide bonds. The molecule has 0 spiro atoms. The van der Waals surface area contributed by atoms with E-state index in [1.807, 2.05) is 14.1 Å². The summed E-state index contributed by atoms with van der Waals surface area (Å²) >= 11 is 0. The lowest BCUT2D eigenvalue weighted by molar-refractivity contribution is -0.0175. The van der Waals surface area contributed by atoms with Crippen LogP contribution in [0.2, 0.25) is 0 Å². The first-order valence-electron chi connectivity index (χ1n) is 9.63. The second kappa shape index (κ2) is 9.92. The number of carbonyl (C=O) groups excluding carboxylic acids is 2. The van der Waals surface area contributed by atoms with E-state index < -0.39 is 0 Å². The standard InChI is InChI=1S/C19H29N5O4/c1-23-3-5-27-16(12-23)10-21-18(25)14-7-15(9-20-8-14)19(26)22-11-17-13-24(2)4-6-28-17/h7-9,16-17H,3-6,10-13H2,1-2H3,(H,21,25)(H,22,26). The van der Waals surface area contributed by atoms with E-state index in [1.165, 1.54) is 12.4 Å². The number of aromatic nitrogens is 1. The Hall–Kier alpha value is -2.07. The van der Waals surface area contributed by atoms with Gasteiger partial charge in [0, 0.05) is 51.7 Å². The Labute approximate surface area is 165 Å². The van der Waals surface area contributed by atoms with Gasteiger partial charge in [0.2, 0.25) is 0 Å². The predicted molar refractivity (Wildman–Crippen MR) is 103 cm³/mol. The van der Waals surface area contributed by atoms with Crippen molar-refractivity contribution in [2.45, 2.75) is 12.2 Å². The maximum absolute atomic E-state index is 12.4. The van der Waals surface area contributed by atoms with Crippen molar-refractivity contribution in [2.75, 3.05) is 66.6 Å². The molecule has 9 heteroatoms. The van der Waals surface area contributed by atoms with Crippen molar-refractivity contribution < 1.29 is 19.1 Å². The Morgan fingerprint density at radius 3 is 1.86 bits per heavy atom. The number of likely N-dealkylation sites (N-methyl/N-ethyl adjacent to an activating group) is 2. The first kappa shape index (κ1) is 20.7. The molecule has 9 nitrogen and oxygen atoms in total. The average Bonchev–Trinajstić information content (AvgIpc) is 2.70. The molecule has 2 N–H and O–H groups in total. The summed E-state index contributed by atoms with van der Waals surface area (Å²) in [5.74, 6) is -0.535. The number of nitrogens with one attached hydrogen (secondary N) is 2. The number of pyridine rings is 1. The average molecular weight is 391 g/mol. The Morgan fingerprint density at radius 2 is 1.43 bits per heavy atom. The number of morpholine rings is 2.